The molecular weight excluding hydrogens is 360 g/mol. The molecule has 1 saturated heterocycles. The molecule has 9 nitrogen and oxygen atoms in total. The molecule has 1 aromatic carbocycles. The van der Waals surface area contributed by atoms with Crippen LogP contribution >= 0.6 is 0 Å². The Morgan fingerprint density at radius 3 is 2.50 bits per heavy atom. The van der Waals surface area contributed by atoms with Crippen LogP contribution in [0.15, 0.2) is 24.5 Å². The molecule has 3 amide bonds. The standard InChI is InChI=1S/C19H22N6O3/c1-12-10-13(6-7-16(12)25-11-20-22-23-25)21-17(26)8-9-24-18(27)14-4-2-3-5-15(14)19(24)28/h6-7,10-11,14-15H,2-5,8-9H2,1H3,(H,21,26). The van der Waals surface area contributed by atoms with Crippen LogP contribution in [-0.4, -0.2) is 49.4 Å². The Labute approximate surface area is 162 Å². The summed E-state index contributed by atoms with van der Waals surface area (Å²) in [6.07, 6.45) is 5.14. The zero-order valence-corrected chi connectivity index (χ0v) is 15.7. The van der Waals surface area contributed by atoms with Crippen LogP contribution < -0.4 is 5.32 Å². The molecule has 1 aliphatic heterocycles. The van der Waals surface area contributed by atoms with Gasteiger partial charge in [0, 0.05) is 18.7 Å². The van der Waals surface area contributed by atoms with Gasteiger partial charge in [-0.1, -0.05) is 12.8 Å². The summed E-state index contributed by atoms with van der Waals surface area (Å²) in [5, 5.41) is 13.9. The molecule has 2 fully saturated rings. The quantitative estimate of drug-likeness (QED) is 0.784. The van der Waals surface area contributed by atoms with Gasteiger partial charge in [0.2, 0.25) is 17.7 Å². The van der Waals surface area contributed by atoms with Gasteiger partial charge in [-0.15, -0.1) is 5.10 Å². The number of nitrogens with one attached hydrogen (secondary N) is 1. The first-order chi connectivity index (χ1) is 13.5. The van der Waals surface area contributed by atoms with Crippen molar-refractivity contribution in [2.45, 2.75) is 39.0 Å². The molecule has 1 N–H and O–H groups in total. The fourth-order valence-electron chi connectivity index (χ4n) is 4.15. The van der Waals surface area contributed by atoms with Gasteiger partial charge in [-0.2, -0.15) is 0 Å². The number of amides is 3. The maximum absolute atomic E-state index is 12.5. The van der Waals surface area contributed by atoms with E-state index in [1.54, 1.807) is 10.7 Å². The van der Waals surface area contributed by atoms with Gasteiger partial charge < -0.3 is 5.32 Å². The minimum absolute atomic E-state index is 0.0880. The third-order valence-corrected chi connectivity index (χ3v) is 5.57. The predicted octanol–water partition coefficient (Wildman–Crippen LogP) is 1.47. The van der Waals surface area contributed by atoms with Crippen molar-refractivity contribution in [3.05, 3.63) is 30.1 Å². The number of likely N-dealkylation sites (tertiary alicyclic amines) is 1. The van der Waals surface area contributed by atoms with Crippen molar-refractivity contribution in [1.29, 1.82) is 0 Å². The number of hydrogen-bond acceptors (Lipinski definition) is 6. The number of hydrogen-bond donors (Lipinski definition) is 1. The molecule has 2 aromatic rings. The number of rotatable bonds is 5. The van der Waals surface area contributed by atoms with E-state index in [4.69, 9.17) is 0 Å². The number of carbonyl (C=O) groups is 3. The average Bonchev–Trinajstić information content (AvgIpc) is 3.29. The Bertz CT molecular complexity index is 886. The molecule has 9 heteroatoms. The monoisotopic (exact) mass is 382 g/mol. The average molecular weight is 382 g/mol. The van der Waals surface area contributed by atoms with Crippen molar-refractivity contribution in [3.63, 3.8) is 0 Å². The molecule has 1 saturated carbocycles. The second-order valence-corrected chi connectivity index (χ2v) is 7.38. The van der Waals surface area contributed by atoms with E-state index < -0.39 is 0 Å². The first kappa shape index (κ1) is 18.3. The fourth-order valence-corrected chi connectivity index (χ4v) is 4.15. The fraction of sp³-hybridized carbons (Fsp3) is 0.474. The lowest BCUT2D eigenvalue weighted by Crippen LogP contribution is -2.34. The largest absolute Gasteiger partial charge is 0.326 e. The van der Waals surface area contributed by atoms with Crippen LogP contribution in [0, 0.1) is 18.8 Å². The number of nitrogens with zero attached hydrogens (tertiary/aromatic N) is 5. The van der Waals surface area contributed by atoms with E-state index in [2.05, 4.69) is 20.8 Å². The zero-order chi connectivity index (χ0) is 19.7. The van der Waals surface area contributed by atoms with E-state index in [0.29, 0.717) is 5.69 Å². The molecule has 0 spiro atoms. The lowest BCUT2D eigenvalue weighted by atomic mass is 9.81. The van der Waals surface area contributed by atoms with Crippen molar-refractivity contribution in [2.75, 3.05) is 11.9 Å². The Hall–Kier alpha value is -3.10. The highest BCUT2D eigenvalue weighted by molar-refractivity contribution is 6.05. The molecule has 2 aliphatic rings. The lowest BCUT2D eigenvalue weighted by Gasteiger charge is -2.19. The van der Waals surface area contributed by atoms with Crippen LogP contribution in [0.25, 0.3) is 5.69 Å². The third-order valence-electron chi connectivity index (χ3n) is 5.57. The van der Waals surface area contributed by atoms with Crippen molar-refractivity contribution >= 4 is 23.4 Å². The summed E-state index contributed by atoms with van der Waals surface area (Å²) in [5.74, 6) is -0.796. The Balaban J connectivity index is 1.35. The summed E-state index contributed by atoms with van der Waals surface area (Å²) >= 11 is 0. The highest BCUT2D eigenvalue weighted by Gasteiger charge is 2.47. The number of imide groups is 1. The van der Waals surface area contributed by atoms with Crippen LogP contribution in [0.4, 0.5) is 5.69 Å². The highest BCUT2D eigenvalue weighted by Crippen LogP contribution is 2.38. The zero-order valence-electron chi connectivity index (χ0n) is 15.7. The molecule has 2 atom stereocenters. The highest BCUT2D eigenvalue weighted by atomic mass is 16.2. The first-order valence-electron chi connectivity index (χ1n) is 9.53. The smallest absolute Gasteiger partial charge is 0.233 e. The first-order valence-corrected chi connectivity index (χ1v) is 9.53. The number of fused-ring (bicyclic) bond motifs is 1. The lowest BCUT2D eigenvalue weighted by molar-refractivity contribution is -0.140. The molecule has 28 heavy (non-hydrogen) atoms. The molecular formula is C19H22N6O3. The summed E-state index contributed by atoms with van der Waals surface area (Å²) in [4.78, 5) is 38.5. The van der Waals surface area contributed by atoms with Crippen LogP contribution in [0.5, 0.6) is 0 Å². The summed E-state index contributed by atoms with van der Waals surface area (Å²) in [5.41, 5.74) is 2.37. The maximum Gasteiger partial charge on any atom is 0.233 e. The molecule has 1 aliphatic carbocycles. The van der Waals surface area contributed by atoms with E-state index in [1.165, 1.54) is 11.2 Å². The second kappa shape index (κ2) is 7.49. The Morgan fingerprint density at radius 2 is 1.89 bits per heavy atom. The Kier molecular flexibility index (Phi) is 4.89. The van der Waals surface area contributed by atoms with Gasteiger partial charge in [0.15, 0.2) is 0 Å². The van der Waals surface area contributed by atoms with Crippen LogP contribution in [0.1, 0.15) is 37.7 Å². The van der Waals surface area contributed by atoms with Crippen molar-refractivity contribution in [3.8, 4) is 5.69 Å². The molecule has 4 rings (SSSR count). The van der Waals surface area contributed by atoms with Crippen molar-refractivity contribution in [1.82, 2.24) is 25.1 Å². The topological polar surface area (TPSA) is 110 Å². The predicted molar refractivity (Wildman–Crippen MR) is 99.3 cm³/mol. The van der Waals surface area contributed by atoms with E-state index in [-0.39, 0.29) is 42.5 Å². The van der Waals surface area contributed by atoms with Gasteiger partial charge in [0.1, 0.15) is 6.33 Å². The third kappa shape index (κ3) is 3.39. The van der Waals surface area contributed by atoms with E-state index in [9.17, 15) is 14.4 Å². The van der Waals surface area contributed by atoms with Crippen LogP contribution in [0.2, 0.25) is 0 Å². The van der Waals surface area contributed by atoms with Crippen LogP contribution in [-0.2, 0) is 14.4 Å². The van der Waals surface area contributed by atoms with Gasteiger partial charge in [-0.25, -0.2) is 4.68 Å². The number of anilines is 1. The van der Waals surface area contributed by atoms with Crippen molar-refractivity contribution < 1.29 is 14.4 Å². The number of benzene rings is 1. The normalized spacial score (nSPS) is 21.7. The van der Waals surface area contributed by atoms with Gasteiger partial charge in [-0.05, 0) is 54.0 Å². The minimum atomic E-state index is -0.231. The number of aryl methyl sites for hydroxylation is 1. The van der Waals surface area contributed by atoms with Crippen LogP contribution in [0.3, 0.4) is 0 Å². The van der Waals surface area contributed by atoms with E-state index in [1.807, 2.05) is 19.1 Å². The summed E-state index contributed by atoms with van der Waals surface area (Å²) in [7, 11) is 0. The van der Waals surface area contributed by atoms with Crippen molar-refractivity contribution in [2.24, 2.45) is 11.8 Å². The molecule has 0 radical (unpaired) electrons. The van der Waals surface area contributed by atoms with Gasteiger partial charge in [0.05, 0.1) is 17.5 Å². The van der Waals surface area contributed by atoms with E-state index >= 15 is 0 Å². The SMILES string of the molecule is Cc1cc(NC(=O)CCN2C(=O)C3CCCCC3C2=O)ccc1-n1cnnn1. The number of carbonyl (C=O) groups excluding carboxylic acids is 3. The maximum atomic E-state index is 12.5. The second-order valence-electron chi connectivity index (χ2n) is 7.38. The molecule has 146 valence electrons. The van der Waals surface area contributed by atoms with Gasteiger partial charge >= 0.3 is 0 Å². The van der Waals surface area contributed by atoms with E-state index in [0.717, 1.165) is 36.9 Å². The van der Waals surface area contributed by atoms with Gasteiger partial charge in [-0.3, -0.25) is 19.3 Å². The molecule has 2 heterocycles. The Morgan fingerprint density at radius 1 is 1.18 bits per heavy atom. The molecule has 0 bridgehead atoms. The molecule has 2 unspecified atom stereocenters. The minimum Gasteiger partial charge on any atom is -0.326 e. The van der Waals surface area contributed by atoms with Gasteiger partial charge in [0.25, 0.3) is 0 Å². The summed E-state index contributed by atoms with van der Waals surface area (Å²) in [6.45, 7) is 2.04. The number of tetrazole rings is 1. The summed E-state index contributed by atoms with van der Waals surface area (Å²) < 4.78 is 1.55. The number of aromatic nitrogens is 4. The summed E-state index contributed by atoms with van der Waals surface area (Å²) in [6, 6.07) is 5.41. The molecule has 1 aromatic heterocycles.